The first-order chi connectivity index (χ1) is 10.1. The van der Waals surface area contributed by atoms with E-state index in [4.69, 9.17) is 4.74 Å². The van der Waals surface area contributed by atoms with Crippen molar-refractivity contribution in [3.05, 3.63) is 23.6 Å². The number of piperidine rings is 1. The summed E-state index contributed by atoms with van der Waals surface area (Å²) in [5.41, 5.74) is 0.619. The van der Waals surface area contributed by atoms with Gasteiger partial charge in [-0.05, 0) is 38.4 Å². The molecule has 0 aliphatic carbocycles. The van der Waals surface area contributed by atoms with Crippen molar-refractivity contribution >= 4 is 0 Å². The molecule has 0 bridgehead atoms. The number of pyridine rings is 1. The van der Waals surface area contributed by atoms with Crippen LogP contribution in [-0.2, 0) is 6.54 Å². The van der Waals surface area contributed by atoms with Gasteiger partial charge in [0.1, 0.15) is 6.10 Å². The maximum absolute atomic E-state index is 14.4. The third kappa shape index (κ3) is 4.93. The number of aromatic nitrogens is 1. The van der Waals surface area contributed by atoms with Gasteiger partial charge in [0, 0.05) is 31.4 Å². The summed E-state index contributed by atoms with van der Waals surface area (Å²) in [4.78, 5) is 6.32. The Morgan fingerprint density at radius 3 is 2.81 bits per heavy atom. The van der Waals surface area contributed by atoms with Crippen LogP contribution in [0.4, 0.5) is 4.39 Å². The molecule has 118 valence electrons. The quantitative estimate of drug-likeness (QED) is 0.875. The second-order valence-corrected chi connectivity index (χ2v) is 6.23. The Balaban J connectivity index is 1.93. The molecule has 1 aliphatic rings. The standard InChI is InChI=1S/C16H26FN3O/c1-12(2)10-18-11-13-4-7-19-16(15(13)17)21-14-5-8-20(3)9-6-14/h4,7,12,14,18H,5-6,8-11H2,1-3H3. The van der Waals surface area contributed by atoms with Crippen LogP contribution in [0, 0.1) is 11.7 Å². The summed E-state index contributed by atoms with van der Waals surface area (Å²) in [5.74, 6) is 0.367. The molecule has 1 fully saturated rings. The van der Waals surface area contributed by atoms with Crippen LogP contribution in [0.2, 0.25) is 0 Å². The van der Waals surface area contributed by atoms with E-state index in [1.54, 1.807) is 12.3 Å². The molecule has 0 aromatic carbocycles. The van der Waals surface area contributed by atoms with Crippen molar-refractivity contribution in [2.75, 3.05) is 26.7 Å². The zero-order valence-electron chi connectivity index (χ0n) is 13.2. The maximum atomic E-state index is 14.4. The van der Waals surface area contributed by atoms with Gasteiger partial charge in [0.2, 0.25) is 0 Å². The number of halogens is 1. The highest BCUT2D eigenvalue weighted by atomic mass is 19.1. The lowest BCUT2D eigenvalue weighted by Gasteiger charge is -2.29. The number of hydrogen-bond acceptors (Lipinski definition) is 4. The Hall–Kier alpha value is -1.20. The molecule has 0 saturated carbocycles. The van der Waals surface area contributed by atoms with Crippen molar-refractivity contribution in [1.29, 1.82) is 0 Å². The SMILES string of the molecule is CC(C)CNCc1ccnc(OC2CCN(C)CC2)c1F. The van der Waals surface area contributed by atoms with Crippen LogP contribution in [0.3, 0.4) is 0 Å². The third-order valence-electron chi connectivity index (χ3n) is 3.75. The number of hydrogen-bond donors (Lipinski definition) is 1. The fourth-order valence-corrected chi connectivity index (χ4v) is 2.44. The summed E-state index contributed by atoms with van der Waals surface area (Å²) in [6, 6.07) is 1.71. The van der Waals surface area contributed by atoms with Gasteiger partial charge >= 0.3 is 0 Å². The van der Waals surface area contributed by atoms with Gasteiger partial charge in [-0.15, -0.1) is 0 Å². The normalized spacial score (nSPS) is 17.4. The van der Waals surface area contributed by atoms with E-state index in [1.807, 2.05) is 0 Å². The van der Waals surface area contributed by atoms with E-state index in [-0.39, 0.29) is 17.8 Å². The van der Waals surface area contributed by atoms with Gasteiger partial charge < -0.3 is 15.0 Å². The Bertz CT molecular complexity index is 445. The summed E-state index contributed by atoms with van der Waals surface area (Å²) in [7, 11) is 2.09. The first kappa shape index (κ1) is 16.2. The second-order valence-electron chi connectivity index (χ2n) is 6.23. The largest absolute Gasteiger partial charge is 0.472 e. The van der Waals surface area contributed by atoms with Crippen molar-refractivity contribution in [2.45, 2.75) is 39.3 Å². The van der Waals surface area contributed by atoms with E-state index < -0.39 is 0 Å². The zero-order chi connectivity index (χ0) is 15.2. The van der Waals surface area contributed by atoms with Crippen molar-refractivity contribution in [3.8, 4) is 5.88 Å². The smallest absolute Gasteiger partial charge is 0.250 e. The Labute approximate surface area is 126 Å². The lowest BCUT2D eigenvalue weighted by molar-refractivity contribution is 0.105. The molecule has 0 radical (unpaired) electrons. The predicted molar refractivity (Wildman–Crippen MR) is 81.9 cm³/mol. The molecule has 1 aliphatic heterocycles. The van der Waals surface area contributed by atoms with Gasteiger partial charge in [-0.25, -0.2) is 9.37 Å². The van der Waals surface area contributed by atoms with Crippen molar-refractivity contribution in [1.82, 2.24) is 15.2 Å². The van der Waals surface area contributed by atoms with Gasteiger partial charge in [0.15, 0.2) is 5.82 Å². The summed E-state index contributed by atoms with van der Waals surface area (Å²) in [5, 5.41) is 3.25. The maximum Gasteiger partial charge on any atom is 0.250 e. The zero-order valence-corrected chi connectivity index (χ0v) is 13.2. The van der Waals surface area contributed by atoms with Gasteiger partial charge in [0.25, 0.3) is 5.88 Å². The topological polar surface area (TPSA) is 37.4 Å². The molecule has 2 rings (SSSR count). The third-order valence-corrected chi connectivity index (χ3v) is 3.75. The van der Waals surface area contributed by atoms with Crippen LogP contribution in [-0.4, -0.2) is 42.7 Å². The van der Waals surface area contributed by atoms with Gasteiger partial charge in [-0.2, -0.15) is 0 Å². The summed E-state index contributed by atoms with van der Waals surface area (Å²) in [6.07, 6.45) is 3.54. The molecule has 1 aromatic heterocycles. The summed E-state index contributed by atoms with van der Waals surface area (Å²) >= 11 is 0. The number of rotatable bonds is 6. The molecule has 2 heterocycles. The molecule has 5 heteroatoms. The van der Waals surface area contributed by atoms with Crippen LogP contribution in [0.1, 0.15) is 32.3 Å². The minimum Gasteiger partial charge on any atom is -0.472 e. The van der Waals surface area contributed by atoms with Crippen molar-refractivity contribution < 1.29 is 9.13 Å². The van der Waals surface area contributed by atoms with E-state index in [2.05, 4.69) is 36.1 Å². The molecule has 1 aromatic rings. The molecule has 1 saturated heterocycles. The molecule has 1 N–H and O–H groups in total. The molecule has 0 spiro atoms. The highest BCUT2D eigenvalue weighted by Gasteiger charge is 2.21. The summed E-state index contributed by atoms with van der Waals surface area (Å²) < 4.78 is 20.2. The molecular formula is C16H26FN3O. The fourth-order valence-electron chi connectivity index (χ4n) is 2.44. The van der Waals surface area contributed by atoms with E-state index in [9.17, 15) is 4.39 Å². The highest BCUT2D eigenvalue weighted by molar-refractivity contribution is 5.23. The number of ether oxygens (including phenoxy) is 1. The average molecular weight is 295 g/mol. The average Bonchev–Trinajstić information content (AvgIpc) is 2.45. The van der Waals surface area contributed by atoms with Crippen LogP contribution >= 0.6 is 0 Å². The molecule has 0 atom stereocenters. The Morgan fingerprint density at radius 2 is 2.14 bits per heavy atom. The van der Waals surface area contributed by atoms with Gasteiger partial charge in [-0.1, -0.05) is 13.8 Å². The van der Waals surface area contributed by atoms with E-state index in [0.29, 0.717) is 18.0 Å². The van der Waals surface area contributed by atoms with Crippen molar-refractivity contribution in [3.63, 3.8) is 0 Å². The predicted octanol–water partition coefficient (Wildman–Crippen LogP) is 2.44. The highest BCUT2D eigenvalue weighted by Crippen LogP contribution is 2.21. The molecule has 4 nitrogen and oxygen atoms in total. The molecule has 0 amide bonds. The van der Waals surface area contributed by atoms with Crippen molar-refractivity contribution in [2.24, 2.45) is 5.92 Å². The van der Waals surface area contributed by atoms with E-state index in [1.165, 1.54) is 0 Å². The van der Waals surface area contributed by atoms with E-state index in [0.717, 1.165) is 32.5 Å². The number of nitrogens with one attached hydrogen (secondary N) is 1. The monoisotopic (exact) mass is 295 g/mol. The molecular weight excluding hydrogens is 269 g/mol. The minimum atomic E-state index is -0.326. The van der Waals surface area contributed by atoms with Crippen LogP contribution in [0.5, 0.6) is 5.88 Å². The van der Waals surface area contributed by atoms with Crippen LogP contribution in [0.25, 0.3) is 0 Å². The van der Waals surface area contributed by atoms with Gasteiger partial charge in [-0.3, -0.25) is 0 Å². The van der Waals surface area contributed by atoms with Gasteiger partial charge in [0.05, 0.1) is 0 Å². The fraction of sp³-hybridized carbons (Fsp3) is 0.688. The summed E-state index contributed by atoms with van der Waals surface area (Å²) in [6.45, 7) is 7.61. The second kappa shape index (κ2) is 7.71. The number of likely N-dealkylation sites (tertiary alicyclic amines) is 1. The minimum absolute atomic E-state index is 0.0714. The lowest BCUT2D eigenvalue weighted by atomic mass is 10.1. The lowest BCUT2D eigenvalue weighted by Crippen LogP contribution is -2.36. The first-order valence-corrected chi connectivity index (χ1v) is 7.75. The first-order valence-electron chi connectivity index (χ1n) is 7.75. The van der Waals surface area contributed by atoms with E-state index >= 15 is 0 Å². The van der Waals surface area contributed by atoms with Crippen LogP contribution < -0.4 is 10.1 Å². The number of nitrogens with zero attached hydrogens (tertiary/aromatic N) is 2. The Morgan fingerprint density at radius 1 is 1.43 bits per heavy atom. The van der Waals surface area contributed by atoms with Crippen LogP contribution in [0.15, 0.2) is 12.3 Å². The molecule has 0 unspecified atom stereocenters. The Kier molecular flexibility index (Phi) is 5.94. The molecule has 21 heavy (non-hydrogen) atoms.